The Labute approximate surface area is 160 Å². The molecule has 0 spiro atoms. The lowest BCUT2D eigenvalue weighted by Gasteiger charge is -2.17. The quantitative estimate of drug-likeness (QED) is 0.758. The average molecular weight is 416 g/mol. The number of benzene rings is 2. The van der Waals surface area contributed by atoms with E-state index in [9.17, 15) is 26.4 Å². The molecule has 0 saturated heterocycles. The van der Waals surface area contributed by atoms with Crippen LogP contribution in [0.2, 0.25) is 0 Å². The summed E-state index contributed by atoms with van der Waals surface area (Å²) in [5.41, 5.74) is -0.536. The Bertz CT molecular complexity index is 975. The van der Waals surface area contributed by atoms with Crippen LogP contribution in [0.1, 0.15) is 34.5 Å². The lowest BCUT2D eigenvalue weighted by Crippen LogP contribution is -2.27. The maximum absolute atomic E-state index is 12.9. The molecule has 1 atom stereocenters. The van der Waals surface area contributed by atoms with Crippen molar-refractivity contribution in [3.05, 3.63) is 59.2 Å². The molecule has 0 fully saturated rings. The molecule has 6 nitrogen and oxygen atoms in total. The van der Waals surface area contributed by atoms with Crippen molar-refractivity contribution in [3.8, 4) is 5.75 Å². The number of sulfonamides is 1. The molecule has 0 aliphatic heterocycles. The van der Waals surface area contributed by atoms with Crippen LogP contribution in [-0.2, 0) is 16.2 Å². The molecule has 28 heavy (non-hydrogen) atoms. The van der Waals surface area contributed by atoms with E-state index < -0.39 is 33.7 Å². The van der Waals surface area contributed by atoms with Crippen LogP contribution in [0, 0.1) is 0 Å². The second-order valence-corrected chi connectivity index (χ2v) is 7.75. The van der Waals surface area contributed by atoms with Crippen molar-refractivity contribution >= 4 is 15.9 Å². The van der Waals surface area contributed by atoms with Crippen molar-refractivity contribution in [2.24, 2.45) is 0 Å². The molecular weight excluding hydrogens is 397 g/mol. The number of alkyl halides is 3. The third kappa shape index (κ3) is 4.82. The van der Waals surface area contributed by atoms with Crippen LogP contribution < -0.4 is 14.8 Å². The molecule has 0 aliphatic carbocycles. The fraction of sp³-hybridized carbons (Fsp3) is 0.278. The van der Waals surface area contributed by atoms with E-state index in [1.165, 1.54) is 45.3 Å². The van der Waals surface area contributed by atoms with Crippen molar-refractivity contribution in [3.63, 3.8) is 0 Å². The number of methoxy groups -OCH3 is 1. The van der Waals surface area contributed by atoms with Crippen molar-refractivity contribution in [1.29, 1.82) is 0 Å². The number of carbonyl (C=O) groups is 1. The summed E-state index contributed by atoms with van der Waals surface area (Å²) in [6.45, 7) is 1.53. The number of carbonyl (C=O) groups excluding carboxylic acids is 1. The van der Waals surface area contributed by atoms with Crippen molar-refractivity contribution in [2.45, 2.75) is 24.0 Å². The van der Waals surface area contributed by atoms with Gasteiger partial charge in [-0.05, 0) is 49.9 Å². The first-order chi connectivity index (χ1) is 13.0. The van der Waals surface area contributed by atoms with E-state index in [4.69, 9.17) is 4.74 Å². The van der Waals surface area contributed by atoms with E-state index in [0.29, 0.717) is 0 Å². The van der Waals surface area contributed by atoms with E-state index in [1.54, 1.807) is 0 Å². The van der Waals surface area contributed by atoms with Crippen molar-refractivity contribution < 1.29 is 31.1 Å². The summed E-state index contributed by atoms with van der Waals surface area (Å²) in [6, 6.07) is 7.71. The largest absolute Gasteiger partial charge is 0.495 e. The van der Waals surface area contributed by atoms with E-state index in [0.717, 1.165) is 18.2 Å². The lowest BCUT2D eigenvalue weighted by molar-refractivity contribution is -0.137. The van der Waals surface area contributed by atoms with Gasteiger partial charge in [0.2, 0.25) is 10.0 Å². The molecule has 2 rings (SSSR count). The molecule has 152 valence electrons. The third-order valence-electron chi connectivity index (χ3n) is 4.05. The van der Waals surface area contributed by atoms with E-state index in [2.05, 4.69) is 10.0 Å². The Kier molecular flexibility index (Phi) is 6.35. The topological polar surface area (TPSA) is 84.5 Å². The first-order valence-electron chi connectivity index (χ1n) is 8.09. The molecule has 0 aromatic heterocycles. The first-order valence-corrected chi connectivity index (χ1v) is 9.57. The van der Waals surface area contributed by atoms with Crippen LogP contribution in [0.3, 0.4) is 0 Å². The minimum atomic E-state index is -4.49. The second kappa shape index (κ2) is 8.19. The predicted octanol–water partition coefficient (Wildman–Crippen LogP) is 3.11. The van der Waals surface area contributed by atoms with Gasteiger partial charge in [-0.3, -0.25) is 4.79 Å². The van der Waals surface area contributed by atoms with E-state index in [-0.39, 0.29) is 21.8 Å². The molecule has 0 radical (unpaired) electrons. The third-order valence-corrected chi connectivity index (χ3v) is 5.48. The molecule has 1 unspecified atom stereocenters. The zero-order valence-corrected chi connectivity index (χ0v) is 16.1. The van der Waals surface area contributed by atoms with Crippen LogP contribution in [-0.4, -0.2) is 28.5 Å². The highest BCUT2D eigenvalue weighted by Gasteiger charge is 2.31. The number of nitrogens with one attached hydrogen (secondary N) is 2. The van der Waals surface area contributed by atoms with Gasteiger partial charge < -0.3 is 10.1 Å². The summed E-state index contributed by atoms with van der Waals surface area (Å²) in [7, 11) is -1.37. The Balaban J connectivity index is 2.29. The molecule has 1 amide bonds. The van der Waals surface area contributed by atoms with E-state index in [1.807, 2.05) is 0 Å². The molecule has 2 N–H and O–H groups in total. The smallest absolute Gasteiger partial charge is 0.416 e. The summed E-state index contributed by atoms with van der Waals surface area (Å²) in [5, 5.41) is 2.56. The standard InChI is InChI=1S/C18H19F3N2O4S/c1-11(12-5-4-6-14(9-12)18(19,20)21)23-17(24)13-7-8-15(27-3)16(10-13)28(25,26)22-2/h4-11,22H,1-3H3,(H,23,24). The number of rotatable bonds is 6. The molecule has 0 bridgehead atoms. The highest BCUT2D eigenvalue weighted by Crippen LogP contribution is 2.31. The van der Waals surface area contributed by atoms with Crippen LogP contribution >= 0.6 is 0 Å². The number of hydrogen-bond donors (Lipinski definition) is 2. The maximum Gasteiger partial charge on any atom is 0.416 e. The molecule has 10 heteroatoms. The molecular formula is C18H19F3N2O4S. The van der Waals surface area contributed by atoms with Gasteiger partial charge in [-0.25, -0.2) is 13.1 Å². The van der Waals surface area contributed by atoms with Crippen LogP contribution in [0.4, 0.5) is 13.2 Å². The van der Waals surface area contributed by atoms with Gasteiger partial charge >= 0.3 is 6.18 Å². The van der Waals surface area contributed by atoms with E-state index >= 15 is 0 Å². The molecule has 2 aromatic carbocycles. The van der Waals surface area contributed by atoms with Crippen LogP contribution in [0.25, 0.3) is 0 Å². The Morgan fingerprint density at radius 1 is 1.14 bits per heavy atom. The van der Waals surface area contributed by atoms with Crippen molar-refractivity contribution in [1.82, 2.24) is 10.0 Å². The van der Waals surface area contributed by atoms with Gasteiger partial charge in [-0.2, -0.15) is 13.2 Å². The fourth-order valence-corrected chi connectivity index (χ4v) is 3.40. The van der Waals surface area contributed by atoms with Gasteiger partial charge in [-0.15, -0.1) is 0 Å². The zero-order chi connectivity index (χ0) is 21.1. The van der Waals surface area contributed by atoms with Crippen molar-refractivity contribution in [2.75, 3.05) is 14.2 Å². The highest BCUT2D eigenvalue weighted by atomic mass is 32.2. The number of amides is 1. The maximum atomic E-state index is 12.9. The van der Waals surface area contributed by atoms with Gasteiger partial charge in [0.25, 0.3) is 5.91 Å². The molecule has 0 aliphatic rings. The minimum Gasteiger partial charge on any atom is -0.495 e. The molecule has 2 aromatic rings. The summed E-state index contributed by atoms with van der Waals surface area (Å²) in [4.78, 5) is 12.3. The van der Waals surface area contributed by atoms with Gasteiger partial charge in [0.05, 0.1) is 18.7 Å². The van der Waals surface area contributed by atoms with Gasteiger partial charge in [-0.1, -0.05) is 12.1 Å². The monoisotopic (exact) mass is 416 g/mol. The Morgan fingerprint density at radius 3 is 2.39 bits per heavy atom. The molecule has 0 heterocycles. The van der Waals surface area contributed by atoms with Gasteiger partial charge in [0.1, 0.15) is 10.6 Å². The van der Waals surface area contributed by atoms with Gasteiger partial charge in [0.15, 0.2) is 0 Å². The summed E-state index contributed by atoms with van der Waals surface area (Å²) in [6.07, 6.45) is -4.49. The summed E-state index contributed by atoms with van der Waals surface area (Å²) in [5.74, 6) is -0.586. The predicted molar refractivity (Wildman–Crippen MR) is 96.6 cm³/mol. The second-order valence-electron chi connectivity index (χ2n) is 5.89. The summed E-state index contributed by atoms with van der Waals surface area (Å²) < 4.78 is 69.9. The number of ether oxygens (including phenoxy) is 1. The number of halogens is 3. The Morgan fingerprint density at radius 2 is 1.82 bits per heavy atom. The minimum absolute atomic E-state index is 0.0217. The Hall–Kier alpha value is -2.59. The normalized spacial score (nSPS) is 13.1. The zero-order valence-electron chi connectivity index (χ0n) is 15.3. The highest BCUT2D eigenvalue weighted by molar-refractivity contribution is 7.89. The van der Waals surface area contributed by atoms with Crippen LogP contribution in [0.15, 0.2) is 47.4 Å². The average Bonchev–Trinajstić information content (AvgIpc) is 2.66. The molecule has 0 saturated carbocycles. The van der Waals surface area contributed by atoms with Gasteiger partial charge in [0, 0.05) is 5.56 Å². The number of hydrogen-bond acceptors (Lipinski definition) is 4. The summed E-state index contributed by atoms with van der Waals surface area (Å²) >= 11 is 0. The SMILES string of the molecule is CNS(=O)(=O)c1cc(C(=O)NC(C)c2cccc(C(F)(F)F)c2)ccc1OC. The van der Waals surface area contributed by atoms with Crippen LogP contribution in [0.5, 0.6) is 5.75 Å². The first kappa shape index (κ1) is 21.7. The lowest BCUT2D eigenvalue weighted by atomic mass is 10.0. The fourth-order valence-electron chi connectivity index (χ4n) is 2.49.